The molecule has 9 N–H and O–H groups in total. The van der Waals surface area contributed by atoms with Crippen LogP contribution in [0.1, 0.15) is 0 Å². The molecule has 6 atom stereocenters. The van der Waals surface area contributed by atoms with Gasteiger partial charge in [-0.15, -0.1) is 0 Å². The van der Waals surface area contributed by atoms with E-state index in [2.05, 4.69) is 28.2 Å². The normalized spacial score (nSPS) is 33.2. The molecule has 162 valence electrons. The second-order valence-electron chi connectivity index (χ2n) is 4.89. The van der Waals surface area contributed by atoms with Crippen LogP contribution in [0.4, 0.5) is 0 Å². The standard InChI is InChI=1S/C6H15O18P3/c7-19-1-2(20-8)4(22-25(10,11)12)6(24-27(16,17)18)5(3(1)21-9)23-26(13,14)15/h1-9H,(H2,10,11,12)(H2,13,14,15)(H2,16,17,18)/t1?,2-,3?,4?,5?,6?/m0/s1. The molecule has 1 rings (SSSR count). The Bertz CT molecular complexity index is 579. The predicted octanol–water partition coefficient (Wildman–Crippen LogP) is -1.99. The number of hydrogen-bond donors (Lipinski definition) is 9. The monoisotopic (exact) mass is 468 g/mol. The molecule has 0 spiro atoms. The van der Waals surface area contributed by atoms with E-state index in [0.29, 0.717) is 0 Å². The summed E-state index contributed by atoms with van der Waals surface area (Å²) in [7, 11) is -16.7. The SMILES string of the molecule is O=P(O)(O)OC1C(OO)C(OO)[C@H](OO)C(OP(=O)(O)O)C1OP(=O)(O)O. The van der Waals surface area contributed by atoms with Crippen molar-refractivity contribution in [3.8, 4) is 0 Å². The summed E-state index contributed by atoms with van der Waals surface area (Å²) >= 11 is 0. The minimum absolute atomic E-state index is 2.23. The summed E-state index contributed by atoms with van der Waals surface area (Å²) in [4.78, 5) is 64.9. The first-order valence-electron chi connectivity index (χ1n) is 6.26. The summed E-state index contributed by atoms with van der Waals surface area (Å²) in [6.07, 6.45) is -14.4. The van der Waals surface area contributed by atoms with Gasteiger partial charge >= 0.3 is 23.5 Å². The topological polar surface area (TPSA) is 289 Å². The van der Waals surface area contributed by atoms with Crippen LogP contribution in [0.15, 0.2) is 0 Å². The summed E-state index contributed by atoms with van der Waals surface area (Å²) in [5, 5.41) is 26.7. The molecule has 0 aromatic carbocycles. The number of phosphoric acid groups is 3. The molecule has 0 amide bonds. The van der Waals surface area contributed by atoms with Crippen LogP contribution in [0.3, 0.4) is 0 Å². The molecule has 1 aliphatic rings. The van der Waals surface area contributed by atoms with Gasteiger partial charge in [-0.3, -0.25) is 29.3 Å². The van der Waals surface area contributed by atoms with E-state index < -0.39 is 60.1 Å². The lowest BCUT2D eigenvalue weighted by Crippen LogP contribution is -2.66. The summed E-state index contributed by atoms with van der Waals surface area (Å²) in [6, 6.07) is 0. The Morgan fingerprint density at radius 2 is 0.630 bits per heavy atom. The van der Waals surface area contributed by atoms with Gasteiger partial charge in [0.2, 0.25) is 0 Å². The molecule has 0 aromatic heterocycles. The van der Waals surface area contributed by atoms with Gasteiger partial charge in [0.15, 0.2) is 18.3 Å². The summed E-state index contributed by atoms with van der Waals surface area (Å²) in [6.45, 7) is 0. The maximum Gasteiger partial charge on any atom is 0.470 e. The third-order valence-electron chi connectivity index (χ3n) is 3.09. The van der Waals surface area contributed by atoms with Crippen LogP contribution in [0.5, 0.6) is 0 Å². The van der Waals surface area contributed by atoms with Crippen LogP contribution < -0.4 is 0 Å². The zero-order chi connectivity index (χ0) is 21.2. The third kappa shape index (κ3) is 7.45. The van der Waals surface area contributed by atoms with E-state index in [4.69, 9.17) is 45.1 Å². The molecule has 18 nitrogen and oxygen atoms in total. The van der Waals surface area contributed by atoms with Crippen molar-refractivity contribution in [3.63, 3.8) is 0 Å². The van der Waals surface area contributed by atoms with Crippen LogP contribution in [-0.4, -0.2) is 81.8 Å². The van der Waals surface area contributed by atoms with Gasteiger partial charge in [-0.05, 0) is 0 Å². The fourth-order valence-corrected chi connectivity index (χ4v) is 3.99. The molecule has 0 saturated heterocycles. The van der Waals surface area contributed by atoms with Crippen LogP contribution in [0.2, 0.25) is 0 Å². The first-order chi connectivity index (χ1) is 12.1. The lowest BCUT2D eigenvalue weighted by molar-refractivity contribution is -0.429. The Morgan fingerprint density at radius 1 is 0.444 bits per heavy atom. The molecular weight excluding hydrogens is 453 g/mol. The van der Waals surface area contributed by atoms with Crippen LogP contribution in [0.25, 0.3) is 0 Å². The first kappa shape index (κ1) is 25.1. The van der Waals surface area contributed by atoms with Gasteiger partial charge in [0, 0.05) is 0 Å². The predicted molar refractivity (Wildman–Crippen MR) is 73.3 cm³/mol. The molecular formula is C6H15O18P3. The highest BCUT2D eigenvalue weighted by molar-refractivity contribution is 7.47. The number of hydrogen-bond acceptors (Lipinski definition) is 12. The van der Waals surface area contributed by atoms with Crippen molar-refractivity contribution in [2.45, 2.75) is 36.6 Å². The molecule has 1 saturated carbocycles. The Hall–Kier alpha value is 0.0900. The highest BCUT2D eigenvalue weighted by atomic mass is 31.2. The van der Waals surface area contributed by atoms with Crippen LogP contribution in [-0.2, 0) is 41.9 Å². The zero-order valence-corrected chi connectivity index (χ0v) is 15.2. The van der Waals surface area contributed by atoms with E-state index in [1.165, 1.54) is 0 Å². The first-order valence-corrected chi connectivity index (χ1v) is 10.8. The Labute approximate surface area is 148 Å². The fourth-order valence-electron chi connectivity index (χ4n) is 2.32. The van der Waals surface area contributed by atoms with Crippen molar-refractivity contribution in [2.75, 3.05) is 0 Å². The maximum atomic E-state index is 11.1. The molecule has 21 heteroatoms. The smallest absolute Gasteiger partial charge is 0.303 e. The van der Waals surface area contributed by atoms with Crippen molar-refractivity contribution in [1.82, 2.24) is 0 Å². The largest absolute Gasteiger partial charge is 0.470 e. The lowest BCUT2D eigenvalue weighted by atomic mass is 9.85. The van der Waals surface area contributed by atoms with E-state index in [-0.39, 0.29) is 0 Å². The van der Waals surface area contributed by atoms with Crippen molar-refractivity contribution in [2.24, 2.45) is 0 Å². The van der Waals surface area contributed by atoms with Gasteiger partial charge in [-0.2, -0.15) is 0 Å². The summed E-state index contributed by atoms with van der Waals surface area (Å²) < 4.78 is 45.9. The molecule has 0 aromatic rings. The highest BCUT2D eigenvalue weighted by Crippen LogP contribution is 2.51. The summed E-state index contributed by atoms with van der Waals surface area (Å²) in [5.74, 6) is 0. The molecule has 27 heavy (non-hydrogen) atoms. The van der Waals surface area contributed by atoms with Gasteiger partial charge in [0.1, 0.15) is 18.3 Å². The minimum atomic E-state index is -5.59. The van der Waals surface area contributed by atoms with Crippen molar-refractivity contribution in [1.29, 1.82) is 0 Å². The Morgan fingerprint density at radius 3 is 0.815 bits per heavy atom. The third-order valence-corrected chi connectivity index (χ3v) is 4.64. The van der Waals surface area contributed by atoms with Gasteiger partial charge in [-0.1, -0.05) is 0 Å². The van der Waals surface area contributed by atoms with Crippen molar-refractivity contribution >= 4 is 23.5 Å². The van der Waals surface area contributed by atoms with E-state index >= 15 is 0 Å². The van der Waals surface area contributed by atoms with E-state index in [0.717, 1.165) is 0 Å². The summed E-state index contributed by atoms with van der Waals surface area (Å²) in [5.41, 5.74) is 0. The highest BCUT2D eigenvalue weighted by Gasteiger charge is 2.60. The molecule has 0 bridgehead atoms. The molecule has 0 heterocycles. The van der Waals surface area contributed by atoms with E-state index in [9.17, 15) is 13.7 Å². The van der Waals surface area contributed by atoms with Gasteiger partial charge in [-0.25, -0.2) is 28.4 Å². The molecule has 0 aliphatic heterocycles. The second-order valence-corrected chi connectivity index (χ2v) is 8.47. The van der Waals surface area contributed by atoms with Crippen molar-refractivity contribution < 1.29 is 87.1 Å². The van der Waals surface area contributed by atoms with Gasteiger partial charge in [0.25, 0.3) is 0 Å². The maximum absolute atomic E-state index is 11.1. The molecule has 1 fully saturated rings. The van der Waals surface area contributed by atoms with Crippen molar-refractivity contribution in [3.05, 3.63) is 0 Å². The molecule has 0 radical (unpaired) electrons. The second kappa shape index (κ2) is 9.27. The van der Waals surface area contributed by atoms with Gasteiger partial charge < -0.3 is 29.4 Å². The average Bonchev–Trinajstić information content (AvgIpc) is 2.46. The Balaban J connectivity index is 3.53. The van der Waals surface area contributed by atoms with E-state index in [1.54, 1.807) is 0 Å². The van der Waals surface area contributed by atoms with Crippen LogP contribution >= 0.6 is 23.5 Å². The number of rotatable bonds is 9. The molecule has 5 unspecified atom stereocenters. The van der Waals surface area contributed by atoms with Crippen LogP contribution in [0, 0.1) is 0 Å². The Kier molecular flexibility index (Phi) is 8.63. The lowest BCUT2D eigenvalue weighted by Gasteiger charge is -2.45. The minimum Gasteiger partial charge on any atom is -0.303 e. The van der Waals surface area contributed by atoms with E-state index in [1.807, 2.05) is 0 Å². The van der Waals surface area contributed by atoms with Gasteiger partial charge in [0.05, 0.1) is 0 Å². The fraction of sp³-hybridized carbons (Fsp3) is 1.00. The zero-order valence-electron chi connectivity index (χ0n) is 12.5. The number of phosphoric ester groups is 3. The quantitative estimate of drug-likeness (QED) is 0.100. The average molecular weight is 468 g/mol. The molecule has 1 aliphatic carbocycles.